The number of guanidine groups is 1. The molecule has 0 fully saturated rings. The quantitative estimate of drug-likeness (QED) is 0.356. The summed E-state index contributed by atoms with van der Waals surface area (Å²) in [7, 11) is 0. The Morgan fingerprint density at radius 1 is 0.794 bits per heavy atom. The number of carbonyl (C=O) groups is 2. The molecule has 0 radical (unpaired) electrons. The Hall–Kier alpha value is -4.40. The Labute approximate surface area is 196 Å². The van der Waals surface area contributed by atoms with Gasteiger partial charge in [0.2, 0.25) is 5.96 Å². The summed E-state index contributed by atoms with van der Waals surface area (Å²) in [5.41, 5.74) is 2.21. The maximum absolute atomic E-state index is 13.2. The van der Waals surface area contributed by atoms with Crippen molar-refractivity contribution in [1.82, 2.24) is 10.6 Å². The van der Waals surface area contributed by atoms with Crippen LogP contribution in [0.3, 0.4) is 0 Å². The molecule has 0 aliphatic heterocycles. The lowest BCUT2D eigenvalue weighted by Crippen LogP contribution is -2.44. The van der Waals surface area contributed by atoms with Crippen LogP contribution in [-0.2, 0) is 29.1 Å². The number of rotatable bonds is 7. The highest BCUT2D eigenvalue weighted by atomic mass is 19.1. The number of amides is 2. The summed E-state index contributed by atoms with van der Waals surface area (Å²) in [6, 6.07) is 22.1. The van der Waals surface area contributed by atoms with E-state index in [2.05, 4.69) is 15.6 Å². The van der Waals surface area contributed by atoms with Crippen LogP contribution in [0.2, 0.25) is 0 Å². The summed E-state index contributed by atoms with van der Waals surface area (Å²) in [4.78, 5) is 28.6. The lowest BCUT2D eigenvalue weighted by Gasteiger charge is -2.12. The molecule has 34 heavy (non-hydrogen) atoms. The second kappa shape index (κ2) is 12.6. The van der Waals surface area contributed by atoms with E-state index in [0.717, 1.165) is 17.2 Å². The van der Waals surface area contributed by atoms with Crippen LogP contribution in [0.1, 0.15) is 16.7 Å². The zero-order valence-electron chi connectivity index (χ0n) is 18.2. The molecule has 3 aromatic rings. The van der Waals surface area contributed by atoms with Gasteiger partial charge in [0, 0.05) is 6.54 Å². The number of benzene rings is 3. The molecule has 0 atom stereocenters. The van der Waals surface area contributed by atoms with E-state index in [1.54, 1.807) is 24.3 Å². The molecule has 3 rings (SSSR count). The smallest absolute Gasteiger partial charge is 0.414 e. The first-order valence-electron chi connectivity index (χ1n) is 10.5. The molecule has 0 aliphatic carbocycles. The first-order chi connectivity index (χ1) is 16.5. The van der Waals surface area contributed by atoms with Crippen LogP contribution in [0, 0.1) is 5.82 Å². The second-order valence-electron chi connectivity index (χ2n) is 7.14. The molecule has 0 aromatic heterocycles. The lowest BCUT2D eigenvalue weighted by molar-refractivity contribution is 0.141. The molecule has 0 saturated carbocycles. The third kappa shape index (κ3) is 8.27. The first-order valence-corrected chi connectivity index (χ1v) is 10.5. The van der Waals surface area contributed by atoms with Crippen LogP contribution in [0.25, 0.3) is 0 Å². The van der Waals surface area contributed by atoms with Crippen molar-refractivity contribution in [2.75, 3.05) is 6.54 Å². The maximum Gasteiger partial charge on any atom is 0.414 e. The number of hydrogen-bond acceptors (Lipinski definition) is 6. The lowest BCUT2D eigenvalue weighted by atomic mass is 10.1. The van der Waals surface area contributed by atoms with Crippen molar-refractivity contribution in [3.8, 4) is 5.75 Å². The highest BCUT2D eigenvalue weighted by Crippen LogP contribution is 2.16. The van der Waals surface area contributed by atoms with Gasteiger partial charge in [-0.3, -0.25) is 15.6 Å². The van der Waals surface area contributed by atoms with Gasteiger partial charge in [0.25, 0.3) is 0 Å². The van der Waals surface area contributed by atoms with E-state index in [1.807, 2.05) is 36.4 Å². The van der Waals surface area contributed by atoms with Crippen LogP contribution in [-0.4, -0.2) is 29.8 Å². The number of halogens is 1. The van der Waals surface area contributed by atoms with E-state index in [0.29, 0.717) is 12.0 Å². The van der Waals surface area contributed by atoms with Gasteiger partial charge in [-0.05, 0) is 35.2 Å². The van der Waals surface area contributed by atoms with Crippen molar-refractivity contribution in [1.29, 1.82) is 0 Å². The first kappa shape index (κ1) is 24.2. The van der Waals surface area contributed by atoms with Gasteiger partial charge >= 0.3 is 12.2 Å². The number of carbonyl (C=O) groups excluding carboxylic acids is 2. The Morgan fingerprint density at radius 3 is 1.82 bits per heavy atom. The number of phenols is 1. The fourth-order valence-electron chi connectivity index (χ4n) is 2.83. The summed E-state index contributed by atoms with van der Waals surface area (Å²) < 4.78 is 23.6. The number of phenolic OH excluding ortho intramolecular Hbond substituents is 1. The number of aliphatic imine (C=N–C) groups is 1. The predicted molar refractivity (Wildman–Crippen MR) is 124 cm³/mol. The average Bonchev–Trinajstić information content (AvgIpc) is 2.85. The summed E-state index contributed by atoms with van der Waals surface area (Å²) in [6.45, 7) is 0.193. The third-order valence-electron chi connectivity index (χ3n) is 4.55. The molecule has 0 unspecified atom stereocenters. The molecule has 0 bridgehead atoms. The normalized spacial score (nSPS) is 10.1. The Balaban J connectivity index is 1.58. The Bertz CT molecular complexity index is 1060. The van der Waals surface area contributed by atoms with Gasteiger partial charge in [-0.25, -0.2) is 14.0 Å². The minimum atomic E-state index is -0.814. The summed E-state index contributed by atoms with van der Waals surface area (Å²) in [5.74, 6) is -1.35. The Kier molecular flexibility index (Phi) is 8.98. The van der Waals surface area contributed by atoms with E-state index >= 15 is 0 Å². The maximum atomic E-state index is 13.2. The number of alkyl carbamates (subject to hydrolysis) is 2. The van der Waals surface area contributed by atoms with Crippen molar-refractivity contribution in [2.45, 2.75) is 19.6 Å². The van der Waals surface area contributed by atoms with Crippen molar-refractivity contribution in [3.05, 3.63) is 101 Å². The van der Waals surface area contributed by atoms with Gasteiger partial charge in [0.05, 0.1) is 0 Å². The summed E-state index contributed by atoms with van der Waals surface area (Å²) >= 11 is 0. The van der Waals surface area contributed by atoms with Gasteiger partial charge in [-0.1, -0.05) is 66.7 Å². The minimum Gasteiger partial charge on any atom is -0.505 e. The van der Waals surface area contributed by atoms with E-state index in [4.69, 9.17) is 9.47 Å². The zero-order chi connectivity index (χ0) is 24.2. The van der Waals surface area contributed by atoms with Crippen LogP contribution >= 0.6 is 0 Å². The SMILES string of the molecule is O=C(NC(=NCCc1ccc(F)c(O)c1)NC(=O)OCc1ccccc1)OCc1ccccc1. The molecule has 0 aliphatic rings. The molecule has 3 aromatic carbocycles. The van der Waals surface area contributed by atoms with Crippen molar-refractivity contribution in [2.24, 2.45) is 4.99 Å². The molecule has 0 saturated heterocycles. The largest absolute Gasteiger partial charge is 0.505 e. The average molecular weight is 465 g/mol. The fraction of sp³-hybridized carbons (Fsp3) is 0.160. The fourth-order valence-corrected chi connectivity index (χ4v) is 2.83. The van der Waals surface area contributed by atoms with Crippen LogP contribution < -0.4 is 10.6 Å². The van der Waals surface area contributed by atoms with E-state index < -0.39 is 23.8 Å². The number of ether oxygens (including phenoxy) is 2. The third-order valence-corrected chi connectivity index (χ3v) is 4.55. The molecule has 2 amide bonds. The van der Waals surface area contributed by atoms with E-state index in [-0.39, 0.29) is 25.7 Å². The molecule has 9 heteroatoms. The topological polar surface area (TPSA) is 109 Å². The van der Waals surface area contributed by atoms with Crippen LogP contribution in [0.4, 0.5) is 14.0 Å². The summed E-state index contributed by atoms with van der Waals surface area (Å²) in [5, 5.41) is 14.3. The van der Waals surface area contributed by atoms with Crippen molar-refractivity contribution in [3.63, 3.8) is 0 Å². The van der Waals surface area contributed by atoms with Gasteiger partial charge in [0.1, 0.15) is 13.2 Å². The van der Waals surface area contributed by atoms with Gasteiger partial charge in [0.15, 0.2) is 11.6 Å². The Morgan fingerprint density at radius 2 is 1.32 bits per heavy atom. The second-order valence-corrected chi connectivity index (χ2v) is 7.14. The monoisotopic (exact) mass is 465 g/mol. The molecule has 0 spiro atoms. The number of nitrogens with zero attached hydrogens (tertiary/aromatic N) is 1. The number of hydrogen-bond donors (Lipinski definition) is 3. The summed E-state index contributed by atoms with van der Waals surface area (Å²) in [6.07, 6.45) is -1.31. The predicted octanol–water partition coefficient (Wildman–Crippen LogP) is 4.28. The highest BCUT2D eigenvalue weighted by molar-refractivity contribution is 6.01. The standard InChI is InChI=1S/C25H24FN3O5/c26-21-12-11-18(15-22(21)30)13-14-27-23(28-24(31)33-16-19-7-3-1-4-8-19)29-25(32)34-17-20-9-5-2-6-10-20/h1-12,15,30H,13-14,16-17H2,(H2,27,28,29,31,32). The molecular formula is C25H24FN3O5. The highest BCUT2D eigenvalue weighted by Gasteiger charge is 2.12. The number of nitrogens with one attached hydrogen (secondary N) is 2. The van der Waals surface area contributed by atoms with Gasteiger partial charge in [-0.15, -0.1) is 0 Å². The van der Waals surface area contributed by atoms with Crippen molar-refractivity contribution >= 4 is 18.1 Å². The van der Waals surface area contributed by atoms with E-state index in [9.17, 15) is 19.1 Å². The van der Waals surface area contributed by atoms with E-state index in [1.165, 1.54) is 12.1 Å². The van der Waals surface area contributed by atoms with Crippen LogP contribution in [0.15, 0.2) is 83.9 Å². The minimum absolute atomic E-state index is 0.0350. The molecule has 3 N–H and O–H groups in total. The molecular weight excluding hydrogens is 441 g/mol. The molecule has 0 heterocycles. The van der Waals surface area contributed by atoms with Gasteiger partial charge < -0.3 is 14.6 Å². The van der Waals surface area contributed by atoms with Gasteiger partial charge in [-0.2, -0.15) is 0 Å². The van der Waals surface area contributed by atoms with Crippen molar-refractivity contribution < 1.29 is 28.6 Å². The molecule has 176 valence electrons. The van der Waals surface area contributed by atoms with Crippen LogP contribution in [0.5, 0.6) is 5.75 Å². The zero-order valence-corrected chi connectivity index (χ0v) is 18.2. The number of aromatic hydroxyl groups is 1. The molecule has 8 nitrogen and oxygen atoms in total.